The maximum absolute atomic E-state index is 13.2. The molecule has 1 amide bonds. The molecule has 3 rings (SSSR count). The Kier molecular flexibility index (Phi) is 5.40. The van der Waals surface area contributed by atoms with Gasteiger partial charge >= 0.3 is 0 Å². The summed E-state index contributed by atoms with van der Waals surface area (Å²) in [5, 5.41) is 7.90. The molecule has 8 heteroatoms. The zero-order valence-electron chi connectivity index (χ0n) is 14.8. The maximum Gasteiger partial charge on any atom is 0.275 e. The first kappa shape index (κ1) is 17.8. The standard InChI is InChI=1S/C18H21FN6O/c1-14-20-7-10-24(14)9-4-8-23(2)18(26)17-13-25(22-21-17)12-15-5-3-6-16(19)11-15/h3,5-7,10-11,13H,4,8-9,12H2,1-2H3. The van der Waals surface area contributed by atoms with Gasteiger partial charge in [-0.05, 0) is 31.0 Å². The lowest BCUT2D eigenvalue weighted by molar-refractivity contribution is 0.0786. The third-order valence-corrected chi connectivity index (χ3v) is 4.15. The molecule has 0 radical (unpaired) electrons. The second-order valence-electron chi connectivity index (χ2n) is 6.18. The smallest absolute Gasteiger partial charge is 0.275 e. The fourth-order valence-electron chi connectivity index (χ4n) is 2.71. The van der Waals surface area contributed by atoms with E-state index in [2.05, 4.69) is 15.3 Å². The first-order valence-corrected chi connectivity index (χ1v) is 8.40. The number of benzene rings is 1. The Hall–Kier alpha value is -3.03. The Morgan fingerprint density at radius 2 is 2.19 bits per heavy atom. The van der Waals surface area contributed by atoms with Crippen molar-refractivity contribution >= 4 is 5.91 Å². The van der Waals surface area contributed by atoms with Crippen LogP contribution in [0.25, 0.3) is 0 Å². The summed E-state index contributed by atoms with van der Waals surface area (Å²) in [4.78, 5) is 18.3. The summed E-state index contributed by atoms with van der Waals surface area (Å²) in [6.07, 6.45) is 6.09. The van der Waals surface area contributed by atoms with E-state index in [1.807, 2.05) is 17.7 Å². The summed E-state index contributed by atoms with van der Waals surface area (Å²) in [5.41, 5.74) is 1.04. The number of amides is 1. The Balaban J connectivity index is 1.54. The lowest BCUT2D eigenvalue weighted by Gasteiger charge is -2.15. The van der Waals surface area contributed by atoms with Crippen molar-refractivity contribution < 1.29 is 9.18 Å². The molecular formula is C18H21FN6O. The van der Waals surface area contributed by atoms with Gasteiger partial charge in [0.2, 0.25) is 0 Å². The quantitative estimate of drug-likeness (QED) is 0.650. The van der Waals surface area contributed by atoms with Crippen LogP contribution in [-0.2, 0) is 13.1 Å². The summed E-state index contributed by atoms with van der Waals surface area (Å²) in [6.45, 7) is 3.72. The molecule has 0 saturated carbocycles. The van der Waals surface area contributed by atoms with Crippen LogP contribution in [0.1, 0.15) is 28.3 Å². The van der Waals surface area contributed by atoms with Crippen LogP contribution in [0.4, 0.5) is 4.39 Å². The van der Waals surface area contributed by atoms with Crippen LogP contribution in [0, 0.1) is 12.7 Å². The highest BCUT2D eigenvalue weighted by Crippen LogP contribution is 2.07. The van der Waals surface area contributed by atoms with Crippen molar-refractivity contribution in [1.29, 1.82) is 0 Å². The van der Waals surface area contributed by atoms with Crippen molar-refractivity contribution in [1.82, 2.24) is 29.4 Å². The molecule has 26 heavy (non-hydrogen) atoms. The van der Waals surface area contributed by atoms with E-state index >= 15 is 0 Å². The summed E-state index contributed by atoms with van der Waals surface area (Å²) in [6, 6.07) is 6.27. The van der Waals surface area contributed by atoms with E-state index in [0.717, 1.165) is 24.4 Å². The van der Waals surface area contributed by atoms with E-state index in [1.54, 1.807) is 36.5 Å². The molecule has 0 saturated heterocycles. The fraction of sp³-hybridized carbons (Fsp3) is 0.333. The number of carbonyl (C=O) groups is 1. The van der Waals surface area contributed by atoms with E-state index in [9.17, 15) is 9.18 Å². The summed E-state index contributed by atoms with van der Waals surface area (Å²) in [7, 11) is 1.74. The van der Waals surface area contributed by atoms with Crippen LogP contribution < -0.4 is 0 Å². The number of imidazole rings is 1. The van der Waals surface area contributed by atoms with Gasteiger partial charge in [0.25, 0.3) is 5.91 Å². The molecule has 0 unspecified atom stereocenters. The molecule has 0 N–H and O–H groups in total. The van der Waals surface area contributed by atoms with Gasteiger partial charge in [0, 0.05) is 32.5 Å². The number of aryl methyl sites for hydroxylation is 2. The van der Waals surface area contributed by atoms with Gasteiger partial charge < -0.3 is 9.47 Å². The highest BCUT2D eigenvalue weighted by Gasteiger charge is 2.15. The molecule has 7 nitrogen and oxygen atoms in total. The van der Waals surface area contributed by atoms with E-state index in [1.165, 1.54) is 16.8 Å². The molecule has 0 aliphatic rings. The van der Waals surface area contributed by atoms with E-state index in [0.29, 0.717) is 13.1 Å². The zero-order valence-corrected chi connectivity index (χ0v) is 14.8. The number of hydrogen-bond acceptors (Lipinski definition) is 4. The zero-order chi connectivity index (χ0) is 18.5. The van der Waals surface area contributed by atoms with Crippen molar-refractivity contribution in [3.05, 3.63) is 65.8 Å². The van der Waals surface area contributed by atoms with Crippen molar-refractivity contribution in [2.45, 2.75) is 26.4 Å². The molecule has 0 aliphatic heterocycles. The van der Waals surface area contributed by atoms with Gasteiger partial charge in [-0.2, -0.15) is 0 Å². The van der Waals surface area contributed by atoms with E-state index < -0.39 is 0 Å². The summed E-state index contributed by atoms with van der Waals surface area (Å²) in [5.74, 6) is 0.476. The lowest BCUT2D eigenvalue weighted by atomic mass is 10.2. The van der Waals surface area contributed by atoms with Gasteiger partial charge in [0.15, 0.2) is 5.69 Å². The minimum absolute atomic E-state index is 0.183. The van der Waals surface area contributed by atoms with Crippen LogP contribution in [0.2, 0.25) is 0 Å². The molecule has 0 fully saturated rings. The Labute approximate surface area is 151 Å². The monoisotopic (exact) mass is 356 g/mol. The Morgan fingerprint density at radius 1 is 1.35 bits per heavy atom. The lowest BCUT2D eigenvalue weighted by Crippen LogP contribution is -2.28. The average Bonchev–Trinajstić information content (AvgIpc) is 3.23. The second-order valence-corrected chi connectivity index (χ2v) is 6.18. The molecular weight excluding hydrogens is 335 g/mol. The average molecular weight is 356 g/mol. The largest absolute Gasteiger partial charge is 0.340 e. The van der Waals surface area contributed by atoms with E-state index in [4.69, 9.17) is 0 Å². The number of carbonyl (C=O) groups excluding carboxylic acids is 1. The molecule has 1 aromatic carbocycles. The maximum atomic E-state index is 13.2. The molecule has 3 aromatic rings. The minimum atomic E-state index is -0.299. The van der Waals surface area contributed by atoms with Crippen LogP contribution in [0.15, 0.2) is 42.9 Å². The Bertz CT molecular complexity index is 887. The first-order chi connectivity index (χ1) is 12.5. The van der Waals surface area contributed by atoms with Crippen molar-refractivity contribution in [3.63, 3.8) is 0 Å². The van der Waals surface area contributed by atoms with Gasteiger partial charge in [-0.3, -0.25) is 4.79 Å². The normalized spacial score (nSPS) is 10.9. The number of nitrogens with zero attached hydrogens (tertiary/aromatic N) is 6. The van der Waals surface area contributed by atoms with Crippen LogP contribution in [0.5, 0.6) is 0 Å². The van der Waals surface area contributed by atoms with Crippen molar-refractivity contribution in [3.8, 4) is 0 Å². The molecule has 0 aliphatic carbocycles. The van der Waals surface area contributed by atoms with Crippen molar-refractivity contribution in [2.75, 3.05) is 13.6 Å². The molecule has 2 heterocycles. The summed E-state index contributed by atoms with van der Waals surface area (Å²) < 4.78 is 16.8. The van der Waals surface area contributed by atoms with Gasteiger partial charge in [-0.15, -0.1) is 5.10 Å². The predicted octanol–water partition coefficient (Wildman–Crippen LogP) is 2.13. The highest BCUT2D eigenvalue weighted by molar-refractivity contribution is 5.91. The molecule has 0 bridgehead atoms. The van der Waals surface area contributed by atoms with E-state index in [-0.39, 0.29) is 17.4 Å². The third-order valence-electron chi connectivity index (χ3n) is 4.15. The van der Waals surface area contributed by atoms with Gasteiger partial charge in [-0.25, -0.2) is 14.1 Å². The van der Waals surface area contributed by atoms with Crippen molar-refractivity contribution in [2.24, 2.45) is 0 Å². The van der Waals surface area contributed by atoms with Gasteiger partial charge in [-0.1, -0.05) is 17.3 Å². The van der Waals surface area contributed by atoms with Crippen LogP contribution in [0.3, 0.4) is 0 Å². The minimum Gasteiger partial charge on any atom is -0.340 e. The van der Waals surface area contributed by atoms with Gasteiger partial charge in [0.05, 0.1) is 12.7 Å². The third kappa shape index (κ3) is 4.33. The topological polar surface area (TPSA) is 68.8 Å². The number of aromatic nitrogens is 5. The van der Waals surface area contributed by atoms with Crippen LogP contribution in [-0.4, -0.2) is 48.9 Å². The number of hydrogen-bond donors (Lipinski definition) is 0. The SMILES string of the molecule is Cc1nccn1CCCN(C)C(=O)c1cn(Cc2cccc(F)c2)nn1. The molecule has 0 atom stereocenters. The second kappa shape index (κ2) is 7.90. The summed E-state index contributed by atoms with van der Waals surface area (Å²) >= 11 is 0. The molecule has 136 valence electrons. The van der Waals surface area contributed by atoms with Gasteiger partial charge in [0.1, 0.15) is 11.6 Å². The Morgan fingerprint density at radius 3 is 2.92 bits per heavy atom. The highest BCUT2D eigenvalue weighted by atomic mass is 19.1. The first-order valence-electron chi connectivity index (χ1n) is 8.40. The van der Waals surface area contributed by atoms with Crippen LogP contribution >= 0.6 is 0 Å². The predicted molar refractivity (Wildman–Crippen MR) is 94.1 cm³/mol. The number of rotatable bonds is 7. The number of halogens is 1. The fourth-order valence-corrected chi connectivity index (χ4v) is 2.71. The molecule has 2 aromatic heterocycles. The molecule has 0 spiro atoms.